The first-order valence-electron chi connectivity index (χ1n) is 9.38. The Labute approximate surface area is 149 Å². The van der Waals surface area contributed by atoms with Crippen LogP contribution in [0, 0.1) is 5.92 Å². The van der Waals surface area contributed by atoms with Gasteiger partial charge in [-0.25, -0.2) is 0 Å². The van der Waals surface area contributed by atoms with E-state index >= 15 is 0 Å². The van der Waals surface area contributed by atoms with E-state index in [0.717, 1.165) is 52.4 Å². The Morgan fingerprint density at radius 1 is 1.04 bits per heavy atom. The molecule has 0 aliphatic carbocycles. The predicted molar refractivity (Wildman–Crippen MR) is 96.6 cm³/mol. The number of carbonyl (C=O) groups is 2. The molecule has 1 aromatic rings. The van der Waals surface area contributed by atoms with E-state index in [9.17, 15) is 9.59 Å². The van der Waals surface area contributed by atoms with E-state index < -0.39 is 0 Å². The van der Waals surface area contributed by atoms with Crippen LogP contribution in [0.4, 0.5) is 0 Å². The molecule has 0 unspecified atom stereocenters. The van der Waals surface area contributed by atoms with E-state index in [4.69, 9.17) is 4.74 Å². The number of rotatable bonds is 6. The Balaban J connectivity index is 1.44. The van der Waals surface area contributed by atoms with E-state index in [1.54, 1.807) is 0 Å². The zero-order valence-electron chi connectivity index (χ0n) is 14.9. The molecule has 0 spiro atoms. The Morgan fingerprint density at radius 3 is 2.56 bits per heavy atom. The van der Waals surface area contributed by atoms with E-state index in [1.165, 1.54) is 6.42 Å². The molecule has 1 amide bonds. The molecule has 0 N–H and O–H groups in total. The molecule has 3 rings (SSSR count). The van der Waals surface area contributed by atoms with Gasteiger partial charge in [-0.15, -0.1) is 0 Å². The third-order valence-corrected chi connectivity index (χ3v) is 5.15. The van der Waals surface area contributed by atoms with Crippen molar-refractivity contribution in [1.29, 1.82) is 0 Å². The second-order valence-corrected chi connectivity index (χ2v) is 7.05. The Bertz CT molecular complexity index is 570. The van der Waals surface area contributed by atoms with Crippen molar-refractivity contribution < 1.29 is 14.3 Å². The standard InChI is InChI=1S/C20H28N2O3/c23-19(18-6-2-1-3-7-18)8-9-20(24)22-10-4-5-17(16-22)15-21-11-13-25-14-12-21/h1-3,6-7,17H,4-5,8-16H2/t17-/m0/s1. The molecular weight excluding hydrogens is 316 g/mol. The van der Waals surface area contributed by atoms with Gasteiger partial charge in [0.25, 0.3) is 0 Å². The number of piperidine rings is 1. The molecule has 5 nitrogen and oxygen atoms in total. The van der Waals surface area contributed by atoms with Crippen LogP contribution in [-0.4, -0.2) is 67.4 Å². The number of likely N-dealkylation sites (tertiary alicyclic amines) is 1. The van der Waals surface area contributed by atoms with Gasteiger partial charge in [0.15, 0.2) is 5.78 Å². The number of nitrogens with zero attached hydrogens (tertiary/aromatic N) is 2. The number of Topliss-reactive ketones (excluding diaryl/α,β-unsaturated/α-hetero) is 1. The fourth-order valence-electron chi connectivity index (χ4n) is 3.74. The minimum Gasteiger partial charge on any atom is -0.379 e. The topological polar surface area (TPSA) is 49.9 Å². The van der Waals surface area contributed by atoms with Gasteiger partial charge in [0.1, 0.15) is 0 Å². The maximum atomic E-state index is 12.5. The van der Waals surface area contributed by atoms with Crippen LogP contribution in [0.25, 0.3) is 0 Å². The summed E-state index contributed by atoms with van der Waals surface area (Å²) >= 11 is 0. The molecule has 0 aromatic heterocycles. The number of ether oxygens (including phenoxy) is 1. The quantitative estimate of drug-likeness (QED) is 0.743. The highest BCUT2D eigenvalue weighted by molar-refractivity contribution is 5.97. The van der Waals surface area contributed by atoms with Crippen molar-refractivity contribution in [2.24, 2.45) is 5.92 Å². The number of ketones is 1. The largest absolute Gasteiger partial charge is 0.379 e. The van der Waals surface area contributed by atoms with Gasteiger partial charge in [-0.05, 0) is 18.8 Å². The number of carbonyl (C=O) groups excluding carboxylic acids is 2. The van der Waals surface area contributed by atoms with Crippen molar-refractivity contribution in [3.63, 3.8) is 0 Å². The lowest BCUT2D eigenvalue weighted by Crippen LogP contribution is -2.46. The van der Waals surface area contributed by atoms with Gasteiger partial charge in [-0.1, -0.05) is 30.3 Å². The number of benzene rings is 1. The second-order valence-electron chi connectivity index (χ2n) is 7.05. The number of hydrogen-bond acceptors (Lipinski definition) is 4. The Morgan fingerprint density at radius 2 is 1.80 bits per heavy atom. The van der Waals surface area contributed by atoms with Crippen molar-refractivity contribution in [3.8, 4) is 0 Å². The zero-order chi connectivity index (χ0) is 17.5. The van der Waals surface area contributed by atoms with Crippen LogP contribution >= 0.6 is 0 Å². The summed E-state index contributed by atoms with van der Waals surface area (Å²) in [6, 6.07) is 9.23. The Hall–Kier alpha value is -1.72. The van der Waals surface area contributed by atoms with Crippen LogP contribution in [-0.2, 0) is 9.53 Å². The van der Waals surface area contributed by atoms with Gasteiger partial charge < -0.3 is 9.64 Å². The second kappa shape index (κ2) is 9.11. The first-order valence-corrected chi connectivity index (χ1v) is 9.38. The van der Waals surface area contributed by atoms with Gasteiger partial charge in [0.05, 0.1) is 13.2 Å². The number of morpholine rings is 1. The maximum Gasteiger partial charge on any atom is 0.223 e. The minimum atomic E-state index is 0.0517. The fraction of sp³-hybridized carbons (Fsp3) is 0.600. The first kappa shape index (κ1) is 18.1. The summed E-state index contributed by atoms with van der Waals surface area (Å²) in [5.74, 6) is 0.715. The SMILES string of the molecule is O=C(CCC(=O)N1CCC[C@@H](CN2CCOCC2)C1)c1ccccc1. The highest BCUT2D eigenvalue weighted by Crippen LogP contribution is 2.19. The van der Waals surface area contributed by atoms with Crippen molar-refractivity contribution in [2.75, 3.05) is 45.9 Å². The highest BCUT2D eigenvalue weighted by atomic mass is 16.5. The molecule has 0 saturated carbocycles. The lowest BCUT2D eigenvalue weighted by atomic mass is 9.96. The first-order chi connectivity index (χ1) is 12.2. The van der Waals surface area contributed by atoms with Crippen molar-refractivity contribution in [2.45, 2.75) is 25.7 Å². The van der Waals surface area contributed by atoms with Crippen LogP contribution in [0.2, 0.25) is 0 Å². The molecule has 5 heteroatoms. The van der Waals surface area contributed by atoms with E-state index in [1.807, 2.05) is 35.2 Å². The lowest BCUT2D eigenvalue weighted by Gasteiger charge is -2.36. The number of amides is 1. The summed E-state index contributed by atoms with van der Waals surface area (Å²) in [4.78, 5) is 29.1. The van der Waals surface area contributed by atoms with Crippen molar-refractivity contribution >= 4 is 11.7 Å². The summed E-state index contributed by atoms with van der Waals surface area (Å²) in [5, 5.41) is 0. The third kappa shape index (κ3) is 5.38. The normalized spacial score (nSPS) is 21.9. The van der Waals surface area contributed by atoms with Crippen LogP contribution < -0.4 is 0 Å². The molecule has 0 radical (unpaired) electrons. The zero-order valence-corrected chi connectivity index (χ0v) is 14.9. The molecule has 25 heavy (non-hydrogen) atoms. The molecular formula is C20H28N2O3. The van der Waals surface area contributed by atoms with Gasteiger partial charge >= 0.3 is 0 Å². The third-order valence-electron chi connectivity index (χ3n) is 5.15. The summed E-state index contributed by atoms with van der Waals surface area (Å²) in [6.45, 7) is 6.34. The van der Waals surface area contributed by atoms with Crippen LogP contribution in [0.5, 0.6) is 0 Å². The summed E-state index contributed by atoms with van der Waals surface area (Å²) in [6.07, 6.45) is 2.86. The van der Waals surface area contributed by atoms with Gasteiger partial charge in [-0.3, -0.25) is 14.5 Å². The predicted octanol–water partition coefficient (Wildman–Crippen LogP) is 2.22. The van der Waals surface area contributed by atoms with Gasteiger partial charge in [0, 0.05) is 51.1 Å². The van der Waals surface area contributed by atoms with Gasteiger partial charge in [0.2, 0.25) is 5.91 Å². The van der Waals surface area contributed by atoms with Crippen molar-refractivity contribution in [3.05, 3.63) is 35.9 Å². The van der Waals surface area contributed by atoms with Crippen LogP contribution in [0.3, 0.4) is 0 Å². The van der Waals surface area contributed by atoms with Crippen LogP contribution in [0.1, 0.15) is 36.0 Å². The van der Waals surface area contributed by atoms with Gasteiger partial charge in [-0.2, -0.15) is 0 Å². The average molecular weight is 344 g/mol. The molecule has 2 fully saturated rings. The Kier molecular flexibility index (Phi) is 6.59. The average Bonchev–Trinajstić information content (AvgIpc) is 2.67. The summed E-state index contributed by atoms with van der Waals surface area (Å²) < 4.78 is 5.40. The summed E-state index contributed by atoms with van der Waals surface area (Å²) in [7, 11) is 0. The molecule has 1 aromatic carbocycles. The lowest BCUT2D eigenvalue weighted by molar-refractivity contribution is -0.133. The summed E-state index contributed by atoms with van der Waals surface area (Å²) in [5.41, 5.74) is 0.694. The molecule has 2 aliphatic heterocycles. The van der Waals surface area contributed by atoms with E-state index in [2.05, 4.69) is 4.90 Å². The molecule has 2 heterocycles. The smallest absolute Gasteiger partial charge is 0.223 e. The minimum absolute atomic E-state index is 0.0517. The van der Waals surface area contributed by atoms with E-state index in [-0.39, 0.29) is 11.7 Å². The molecule has 1 atom stereocenters. The number of hydrogen-bond donors (Lipinski definition) is 0. The molecule has 2 saturated heterocycles. The monoisotopic (exact) mass is 344 g/mol. The van der Waals surface area contributed by atoms with E-state index in [0.29, 0.717) is 24.3 Å². The maximum absolute atomic E-state index is 12.5. The molecule has 0 bridgehead atoms. The fourth-order valence-corrected chi connectivity index (χ4v) is 3.74. The molecule has 136 valence electrons. The van der Waals surface area contributed by atoms with Crippen molar-refractivity contribution in [1.82, 2.24) is 9.80 Å². The molecule has 2 aliphatic rings. The highest BCUT2D eigenvalue weighted by Gasteiger charge is 2.26. The van der Waals surface area contributed by atoms with Crippen LogP contribution in [0.15, 0.2) is 30.3 Å².